The summed E-state index contributed by atoms with van der Waals surface area (Å²) < 4.78 is 16.2. The molecule has 2 aromatic rings. The summed E-state index contributed by atoms with van der Waals surface area (Å²) in [6, 6.07) is 5.79. The van der Waals surface area contributed by atoms with E-state index in [1.54, 1.807) is 0 Å². The Labute approximate surface area is 159 Å². The van der Waals surface area contributed by atoms with Gasteiger partial charge in [0, 0.05) is 37.8 Å². The summed E-state index contributed by atoms with van der Waals surface area (Å²) in [6.45, 7) is 9.12. The van der Waals surface area contributed by atoms with Gasteiger partial charge in [0.2, 0.25) is 0 Å². The number of hydrogen-bond donors (Lipinski definition) is 2. The Kier molecular flexibility index (Phi) is 8.15. The number of hydrogen-bond acceptors (Lipinski definition) is 7. The largest absolute Gasteiger partial charge is 0.490 e. The highest BCUT2D eigenvalue weighted by molar-refractivity contribution is 7.18. The van der Waals surface area contributed by atoms with E-state index in [9.17, 15) is 0 Å². The SMILES string of the molecule is CCOCC.Cc1nc(N)sc1-c1cc(N)cc(OC2CCOCC2)c1. The van der Waals surface area contributed by atoms with Crippen LogP contribution in [-0.4, -0.2) is 37.5 Å². The number of nitrogens with zero attached hydrogens (tertiary/aromatic N) is 1. The van der Waals surface area contributed by atoms with E-state index in [1.165, 1.54) is 11.3 Å². The van der Waals surface area contributed by atoms with Gasteiger partial charge in [-0.25, -0.2) is 4.98 Å². The van der Waals surface area contributed by atoms with Crippen LogP contribution in [0, 0.1) is 6.92 Å². The van der Waals surface area contributed by atoms with E-state index >= 15 is 0 Å². The van der Waals surface area contributed by atoms with Crippen LogP contribution in [-0.2, 0) is 9.47 Å². The fourth-order valence-corrected chi connectivity index (χ4v) is 3.52. The Balaban J connectivity index is 0.000000431. The Morgan fingerprint density at radius 3 is 2.38 bits per heavy atom. The van der Waals surface area contributed by atoms with E-state index in [4.69, 9.17) is 25.7 Å². The Bertz CT molecular complexity index is 683. The first-order valence-electron chi connectivity index (χ1n) is 8.99. The normalized spacial score (nSPS) is 14.6. The molecule has 0 spiro atoms. The molecule has 0 unspecified atom stereocenters. The van der Waals surface area contributed by atoms with Crippen molar-refractivity contribution >= 4 is 22.2 Å². The van der Waals surface area contributed by atoms with Crippen LogP contribution >= 0.6 is 11.3 Å². The number of thiazole rings is 1. The summed E-state index contributed by atoms with van der Waals surface area (Å²) in [5.74, 6) is 0.795. The molecule has 0 bridgehead atoms. The molecule has 0 radical (unpaired) electrons. The maximum Gasteiger partial charge on any atom is 0.180 e. The van der Waals surface area contributed by atoms with E-state index in [0.717, 1.165) is 61.2 Å². The van der Waals surface area contributed by atoms with Gasteiger partial charge in [0.15, 0.2) is 5.13 Å². The minimum Gasteiger partial charge on any atom is -0.490 e. The third kappa shape index (κ3) is 6.16. The Morgan fingerprint density at radius 1 is 1.15 bits per heavy atom. The quantitative estimate of drug-likeness (QED) is 0.766. The van der Waals surface area contributed by atoms with Crippen LogP contribution in [0.5, 0.6) is 5.75 Å². The molecule has 2 heterocycles. The van der Waals surface area contributed by atoms with E-state index in [1.807, 2.05) is 39.0 Å². The summed E-state index contributed by atoms with van der Waals surface area (Å²) in [7, 11) is 0. The fraction of sp³-hybridized carbons (Fsp3) is 0.526. The van der Waals surface area contributed by atoms with Crippen molar-refractivity contribution in [1.82, 2.24) is 4.98 Å². The third-order valence-electron chi connectivity index (χ3n) is 3.88. The topological polar surface area (TPSA) is 92.6 Å². The zero-order valence-electron chi connectivity index (χ0n) is 15.8. The molecule has 144 valence electrons. The van der Waals surface area contributed by atoms with Gasteiger partial charge in [-0.3, -0.25) is 0 Å². The number of nitrogen functional groups attached to an aromatic ring is 2. The average molecular weight is 380 g/mol. The highest BCUT2D eigenvalue weighted by Crippen LogP contribution is 2.35. The van der Waals surface area contributed by atoms with Crippen molar-refractivity contribution in [3.8, 4) is 16.2 Å². The molecule has 1 saturated heterocycles. The predicted molar refractivity (Wildman–Crippen MR) is 108 cm³/mol. The Morgan fingerprint density at radius 2 is 1.85 bits per heavy atom. The van der Waals surface area contributed by atoms with Crippen molar-refractivity contribution in [3.63, 3.8) is 0 Å². The monoisotopic (exact) mass is 379 g/mol. The van der Waals surface area contributed by atoms with Crippen molar-refractivity contribution in [1.29, 1.82) is 0 Å². The number of benzene rings is 1. The molecule has 0 aliphatic carbocycles. The van der Waals surface area contributed by atoms with E-state index in [2.05, 4.69) is 4.98 Å². The molecule has 1 aliphatic heterocycles. The van der Waals surface area contributed by atoms with Gasteiger partial charge in [0.25, 0.3) is 0 Å². The molecular weight excluding hydrogens is 350 g/mol. The van der Waals surface area contributed by atoms with Gasteiger partial charge in [0.1, 0.15) is 11.9 Å². The van der Waals surface area contributed by atoms with Crippen LogP contribution in [0.15, 0.2) is 18.2 Å². The van der Waals surface area contributed by atoms with Gasteiger partial charge in [-0.15, -0.1) is 0 Å². The molecule has 3 rings (SSSR count). The van der Waals surface area contributed by atoms with Gasteiger partial charge in [-0.2, -0.15) is 0 Å². The first kappa shape index (κ1) is 20.5. The average Bonchev–Trinajstić information content (AvgIpc) is 2.95. The molecule has 7 heteroatoms. The van der Waals surface area contributed by atoms with Crippen LogP contribution in [0.4, 0.5) is 10.8 Å². The highest BCUT2D eigenvalue weighted by Gasteiger charge is 2.16. The number of rotatable bonds is 5. The molecule has 0 amide bonds. The molecule has 1 aromatic carbocycles. The number of anilines is 2. The first-order chi connectivity index (χ1) is 12.5. The molecule has 26 heavy (non-hydrogen) atoms. The van der Waals surface area contributed by atoms with Gasteiger partial charge in [-0.1, -0.05) is 11.3 Å². The van der Waals surface area contributed by atoms with Crippen molar-refractivity contribution < 1.29 is 14.2 Å². The maximum absolute atomic E-state index is 6.04. The second-order valence-corrected chi connectivity index (χ2v) is 7.00. The van der Waals surface area contributed by atoms with Gasteiger partial charge < -0.3 is 25.7 Å². The van der Waals surface area contributed by atoms with E-state index in [-0.39, 0.29) is 6.10 Å². The van der Waals surface area contributed by atoms with Crippen LogP contribution in [0.2, 0.25) is 0 Å². The van der Waals surface area contributed by atoms with Gasteiger partial charge in [-0.05, 0) is 38.5 Å². The lowest BCUT2D eigenvalue weighted by Crippen LogP contribution is -2.25. The van der Waals surface area contributed by atoms with Crippen molar-refractivity contribution in [2.75, 3.05) is 37.9 Å². The summed E-state index contributed by atoms with van der Waals surface area (Å²) in [6.07, 6.45) is 2.02. The first-order valence-corrected chi connectivity index (χ1v) is 9.81. The summed E-state index contributed by atoms with van der Waals surface area (Å²) in [5, 5.41) is 0.567. The summed E-state index contributed by atoms with van der Waals surface area (Å²) in [4.78, 5) is 5.30. The van der Waals surface area contributed by atoms with Crippen LogP contribution < -0.4 is 16.2 Å². The van der Waals surface area contributed by atoms with Crippen LogP contribution in [0.1, 0.15) is 32.4 Å². The summed E-state index contributed by atoms with van der Waals surface area (Å²) >= 11 is 1.47. The summed E-state index contributed by atoms with van der Waals surface area (Å²) in [5.41, 5.74) is 14.4. The van der Waals surface area contributed by atoms with Crippen LogP contribution in [0.25, 0.3) is 10.4 Å². The second kappa shape index (κ2) is 10.4. The van der Waals surface area contributed by atoms with Crippen molar-refractivity contribution in [2.45, 2.75) is 39.7 Å². The number of ether oxygens (including phenoxy) is 3. The zero-order chi connectivity index (χ0) is 18.9. The lowest BCUT2D eigenvalue weighted by molar-refractivity contribution is 0.0256. The molecule has 1 fully saturated rings. The second-order valence-electron chi connectivity index (χ2n) is 5.97. The van der Waals surface area contributed by atoms with E-state index < -0.39 is 0 Å². The third-order valence-corrected chi connectivity index (χ3v) is 4.92. The molecule has 4 N–H and O–H groups in total. The standard InChI is InChI=1S/C15H19N3O2S.C4H10O/c1-9-14(21-15(17)18-9)10-6-11(16)8-13(7-10)20-12-2-4-19-5-3-12;1-3-5-4-2/h6-8,12H,2-5,16H2,1H3,(H2,17,18);3-4H2,1-2H3. The van der Waals surface area contributed by atoms with Crippen molar-refractivity contribution in [2.24, 2.45) is 0 Å². The molecule has 1 aromatic heterocycles. The number of aromatic nitrogens is 1. The van der Waals surface area contributed by atoms with Gasteiger partial charge in [0.05, 0.1) is 23.8 Å². The number of nitrogens with two attached hydrogens (primary N) is 2. The smallest absolute Gasteiger partial charge is 0.180 e. The van der Waals surface area contributed by atoms with Crippen molar-refractivity contribution in [3.05, 3.63) is 23.9 Å². The molecule has 6 nitrogen and oxygen atoms in total. The van der Waals surface area contributed by atoms with Gasteiger partial charge >= 0.3 is 0 Å². The lowest BCUT2D eigenvalue weighted by Gasteiger charge is -2.23. The lowest BCUT2D eigenvalue weighted by atomic mass is 10.1. The fourth-order valence-electron chi connectivity index (χ4n) is 2.70. The van der Waals surface area contributed by atoms with Crippen LogP contribution in [0.3, 0.4) is 0 Å². The molecule has 0 atom stereocenters. The maximum atomic E-state index is 6.04. The highest BCUT2D eigenvalue weighted by atomic mass is 32.1. The Hall–Kier alpha value is -1.83. The zero-order valence-corrected chi connectivity index (χ0v) is 16.6. The minimum absolute atomic E-state index is 0.195. The molecular formula is C19H29N3O3S. The minimum atomic E-state index is 0.195. The predicted octanol–water partition coefficient (Wildman–Crippen LogP) is 3.88. The number of aryl methyl sites for hydroxylation is 1. The molecule has 0 saturated carbocycles. The molecule has 1 aliphatic rings. The van der Waals surface area contributed by atoms with E-state index in [0.29, 0.717) is 10.8 Å².